The zero-order chi connectivity index (χ0) is 15.1. The standard InChI is InChI=1S/C17H16N2OS/c1-2-3-13-4-6-15(7-5-13)16(20)12-21-17-10-14(11-18)8-9-19-17/h4-10H,2-3,12H2,1H3. The summed E-state index contributed by atoms with van der Waals surface area (Å²) in [5.74, 6) is 0.404. The molecule has 0 aliphatic carbocycles. The highest BCUT2D eigenvalue weighted by Crippen LogP contribution is 2.18. The molecule has 0 atom stereocenters. The van der Waals surface area contributed by atoms with Crippen molar-refractivity contribution in [2.75, 3.05) is 5.75 Å². The fourth-order valence-electron chi connectivity index (χ4n) is 1.93. The van der Waals surface area contributed by atoms with Gasteiger partial charge in [-0.2, -0.15) is 5.26 Å². The predicted molar refractivity (Wildman–Crippen MR) is 84.4 cm³/mol. The second-order valence-corrected chi connectivity index (χ2v) is 5.65. The molecule has 1 heterocycles. The molecule has 1 aromatic carbocycles. The average molecular weight is 296 g/mol. The number of aromatic nitrogens is 1. The molecule has 0 bridgehead atoms. The van der Waals surface area contributed by atoms with Crippen molar-refractivity contribution in [3.05, 3.63) is 59.3 Å². The molecule has 0 aliphatic rings. The third kappa shape index (κ3) is 4.44. The predicted octanol–water partition coefficient (Wildman–Crippen LogP) is 3.88. The van der Waals surface area contributed by atoms with Crippen molar-refractivity contribution in [1.82, 2.24) is 4.98 Å². The smallest absolute Gasteiger partial charge is 0.173 e. The molecule has 1 aromatic heterocycles. The zero-order valence-electron chi connectivity index (χ0n) is 11.9. The van der Waals surface area contributed by atoms with Crippen LogP contribution < -0.4 is 0 Å². The minimum absolute atomic E-state index is 0.0761. The van der Waals surface area contributed by atoms with Crippen molar-refractivity contribution < 1.29 is 4.79 Å². The van der Waals surface area contributed by atoms with Crippen LogP contribution in [0.2, 0.25) is 0 Å². The summed E-state index contributed by atoms with van der Waals surface area (Å²) >= 11 is 1.36. The number of benzene rings is 1. The van der Waals surface area contributed by atoms with Gasteiger partial charge < -0.3 is 0 Å². The molecule has 0 radical (unpaired) electrons. The van der Waals surface area contributed by atoms with E-state index in [-0.39, 0.29) is 5.78 Å². The van der Waals surface area contributed by atoms with E-state index in [1.165, 1.54) is 17.3 Å². The summed E-state index contributed by atoms with van der Waals surface area (Å²) in [7, 11) is 0. The first-order valence-electron chi connectivity index (χ1n) is 6.84. The highest BCUT2D eigenvalue weighted by atomic mass is 32.2. The van der Waals surface area contributed by atoms with Gasteiger partial charge in [-0.05, 0) is 24.1 Å². The first-order valence-corrected chi connectivity index (χ1v) is 7.82. The van der Waals surface area contributed by atoms with Crippen LogP contribution in [0.1, 0.15) is 34.8 Å². The molecule has 21 heavy (non-hydrogen) atoms. The Balaban J connectivity index is 1.96. The van der Waals surface area contributed by atoms with Crippen LogP contribution in [0.15, 0.2) is 47.6 Å². The number of aryl methyl sites for hydroxylation is 1. The Hall–Kier alpha value is -2.12. The van der Waals surface area contributed by atoms with E-state index in [0.29, 0.717) is 16.3 Å². The third-order valence-electron chi connectivity index (χ3n) is 3.03. The summed E-state index contributed by atoms with van der Waals surface area (Å²) in [5, 5.41) is 9.53. The summed E-state index contributed by atoms with van der Waals surface area (Å²) in [6, 6.07) is 13.2. The van der Waals surface area contributed by atoms with Gasteiger partial charge in [0, 0.05) is 11.8 Å². The van der Waals surface area contributed by atoms with Crippen LogP contribution in [0.5, 0.6) is 0 Å². The van der Waals surface area contributed by atoms with Crippen LogP contribution in [0, 0.1) is 11.3 Å². The topological polar surface area (TPSA) is 53.8 Å². The molecule has 0 saturated carbocycles. The van der Waals surface area contributed by atoms with E-state index in [4.69, 9.17) is 5.26 Å². The number of carbonyl (C=O) groups excluding carboxylic acids is 1. The highest BCUT2D eigenvalue weighted by Gasteiger charge is 2.07. The monoisotopic (exact) mass is 296 g/mol. The van der Waals surface area contributed by atoms with Crippen molar-refractivity contribution in [1.29, 1.82) is 5.26 Å². The Morgan fingerprint density at radius 3 is 2.71 bits per heavy atom. The van der Waals surface area contributed by atoms with Gasteiger partial charge in [-0.1, -0.05) is 49.4 Å². The molecule has 0 aliphatic heterocycles. The van der Waals surface area contributed by atoms with Crippen molar-refractivity contribution >= 4 is 17.5 Å². The van der Waals surface area contributed by atoms with Crippen LogP contribution in [0.3, 0.4) is 0 Å². The molecular weight excluding hydrogens is 280 g/mol. The van der Waals surface area contributed by atoms with Crippen LogP contribution >= 0.6 is 11.8 Å². The van der Waals surface area contributed by atoms with E-state index in [2.05, 4.69) is 18.0 Å². The summed E-state index contributed by atoms with van der Waals surface area (Å²) in [6.07, 6.45) is 3.73. The minimum Gasteiger partial charge on any atom is -0.293 e. The van der Waals surface area contributed by atoms with E-state index < -0.39 is 0 Å². The number of hydrogen-bond acceptors (Lipinski definition) is 4. The third-order valence-corrected chi connectivity index (χ3v) is 3.96. The lowest BCUT2D eigenvalue weighted by Crippen LogP contribution is -2.02. The molecule has 4 heteroatoms. The number of pyridine rings is 1. The summed E-state index contributed by atoms with van der Waals surface area (Å²) in [4.78, 5) is 16.3. The van der Waals surface area contributed by atoms with Crippen LogP contribution in [0.25, 0.3) is 0 Å². The van der Waals surface area contributed by atoms with E-state index in [1.54, 1.807) is 18.3 Å². The number of nitriles is 1. The first-order chi connectivity index (χ1) is 10.2. The van der Waals surface area contributed by atoms with Crippen molar-refractivity contribution in [3.8, 4) is 6.07 Å². The fourth-order valence-corrected chi connectivity index (χ4v) is 2.72. The van der Waals surface area contributed by atoms with Gasteiger partial charge in [0.25, 0.3) is 0 Å². The lowest BCUT2D eigenvalue weighted by atomic mass is 10.1. The van der Waals surface area contributed by atoms with Crippen LogP contribution in [-0.4, -0.2) is 16.5 Å². The fraction of sp³-hybridized carbons (Fsp3) is 0.235. The molecule has 2 aromatic rings. The number of ketones is 1. The number of rotatable bonds is 6. The summed E-state index contributed by atoms with van der Waals surface area (Å²) in [6.45, 7) is 2.14. The van der Waals surface area contributed by atoms with Gasteiger partial charge >= 0.3 is 0 Å². The molecule has 0 saturated heterocycles. The van der Waals surface area contributed by atoms with Gasteiger partial charge in [-0.15, -0.1) is 0 Å². The Morgan fingerprint density at radius 2 is 2.05 bits per heavy atom. The molecule has 0 N–H and O–H groups in total. The normalized spacial score (nSPS) is 10.1. The maximum absolute atomic E-state index is 12.1. The van der Waals surface area contributed by atoms with Gasteiger partial charge in [-0.3, -0.25) is 4.79 Å². The molecule has 106 valence electrons. The van der Waals surface area contributed by atoms with Crippen LogP contribution in [0.4, 0.5) is 0 Å². The molecule has 3 nitrogen and oxygen atoms in total. The van der Waals surface area contributed by atoms with E-state index in [1.807, 2.05) is 24.3 Å². The highest BCUT2D eigenvalue weighted by molar-refractivity contribution is 7.99. The molecule has 0 spiro atoms. The van der Waals surface area contributed by atoms with Crippen molar-refractivity contribution in [2.24, 2.45) is 0 Å². The summed E-state index contributed by atoms with van der Waals surface area (Å²) < 4.78 is 0. The van der Waals surface area contributed by atoms with E-state index >= 15 is 0 Å². The Kier molecular flexibility index (Phi) is 5.53. The molecule has 0 amide bonds. The van der Waals surface area contributed by atoms with Gasteiger partial charge in [0.05, 0.1) is 22.4 Å². The SMILES string of the molecule is CCCc1ccc(C(=O)CSc2cc(C#N)ccn2)cc1. The molecule has 0 fully saturated rings. The average Bonchev–Trinajstić information content (AvgIpc) is 2.54. The maximum Gasteiger partial charge on any atom is 0.173 e. The second-order valence-electron chi connectivity index (χ2n) is 4.65. The summed E-state index contributed by atoms with van der Waals surface area (Å²) in [5.41, 5.74) is 2.53. The Bertz CT molecular complexity index is 659. The van der Waals surface area contributed by atoms with Crippen LogP contribution in [-0.2, 0) is 6.42 Å². The number of thioether (sulfide) groups is 1. The number of nitrogens with zero attached hydrogens (tertiary/aromatic N) is 2. The zero-order valence-corrected chi connectivity index (χ0v) is 12.7. The van der Waals surface area contributed by atoms with E-state index in [0.717, 1.165) is 18.4 Å². The second kappa shape index (κ2) is 7.61. The molecule has 0 unspecified atom stereocenters. The van der Waals surface area contributed by atoms with Gasteiger partial charge in [0.2, 0.25) is 0 Å². The van der Waals surface area contributed by atoms with Crippen molar-refractivity contribution in [3.63, 3.8) is 0 Å². The van der Waals surface area contributed by atoms with Gasteiger partial charge in [0.1, 0.15) is 0 Å². The van der Waals surface area contributed by atoms with Gasteiger partial charge in [0.15, 0.2) is 5.78 Å². The largest absolute Gasteiger partial charge is 0.293 e. The minimum atomic E-state index is 0.0761. The first kappa shape index (κ1) is 15.3. The number of Topliss-reactive ketones (excluding diaryl/α,β-unsaturated/α-hetero) is 1. The van der Waals surface area contributed by atoms with Crippen molar-refractivity contribution in [2.45, 2.75) is 24.8 Å². The molecular formula is C17H16N2OS. The van der Waals surface area contributed by atoms with E-state index in [9.17, 15) is 4.79 Å². The Labute approximate surface area is 129 Å². The number of hydrogen-bond donors (Lipinski definition) is 0. The maximum atomic E-state index is 12.1. The lowest BCUT2D eigenvalue weighted by Gasteiger charge is -2.03. The number of carbonyl (C=O) groups is 1. The Morgan fingerprint density at radius 1 is 1.29 bits per heavy atom. The van der Waals surface area contributed by atoms with Gasteiger partial charge in [-0.25, -0.2) is 4.98 Å². The lowest BCUT2D eigenvalue weighted by molar-refractivity contribution is 0.102. The quantitative estimate of drug-likeness (QED) is 0.599. The molecule has 2 rings (SSSR count).